The Hall–Kier alpha value is -3.09. The smallest absolute Gasteiger partial charge is 0.187 e. The molecule has 0 radical (unpaired) electrons. The summed E-state index contributed by atoms with van der Waals surface area (Å²) in [4.78, 5) is 21.9. The van der Waals surface area contributed by atoms with Crippen molar-refractivity contribution in [3.8, 4) is 11.3 Å². The van der Waals surface area contributed by atoms with Gasteiger partial charge in [0.2, 0.25) is 0 Å². The second-order valence-corrected chi connectivity index (χ2v) is 7.77. The topological polar surface area (TPSA) is 58.0 Å². The summed E-state index contributed by atoms with van der Waals surface area (Å²) in [6.45, 7) is 5.36. The number of aromatic nitrogens is 4. The standard InChI is InChI=1S/C22H23FN6/c1-2-18-21(23)22(27-14-26-18)29-12-16-10-28(11-17(16)13-29)20-9-24-19(8-25-20)15-6-4-3-5-7-15/h3-9,14,16-17H,2,10-13H2,1H3. The van der Waals surface area contributed by atoms with Gasteiger partial charge < -0.3 is 9.80 Å². The van der Waals surface area contributed by atoms with Crippen LogP contribution in [0.4, 0.5) is 16.0 Å². The lowest BCUT2D eigenvalue weighted by molar-refractivity contribution is 0.533. The van der Waals surface area contributed by atoms with Crippen LogP contribution in [0.1, 0.15) is 12.6 Å². The van der Waals surface area contributed by atoms with Crippen LogP contribution in [-0.4, -0.2) is 46.1 Å². The van der Waals surface area contributed by atoms with Crippen molar-refractivity contribution in [3.05, 3.63) is 60.6 Å². The summed E-state index contributed by atoms with van der Waals surface area (Å²) in [5, 5.41) is 0. The first-order chi connectivity index (χ1) is 14.2. The highest BCUT2D eigenvalue weighted by Gasteiger charge is 2.41. The van der Waals surface area contributed by atoms with Gasteiger partial charge in [0.05, 0.1) is 23.8 Å². The minimum atomic E-state index is -0.269. The quantitative estimate of drug-likeness (QED) is 0.682. The van der Waals surface area contributed by atoms with E-state index in [0.717, 1.165) is 43.3 Å². The number of hydrogen-bond donors (Lipinski definition) is 0. The zero-order valence-electron chi connectivity index (χ0n) is 16.4. The molecule has 0 bridgehead atoms. The Morgan fingerprint density at radius 3 is 2.28 bits per heavy atom. The van der Waals surface area contributed by atoms with Gasteiger partial charge in [0.1, 0.15) is 12.1 Å². The molecule has 2 aliphatic rings. The summed E-state index contributed by atoms with van der Waals surface area (Å²) in [6, 6.07) is 10.1. The number of fused-ring (bicyclic) bond motifs is 1. The molecule has 0 saturated carbocycles. The first-order valence-electron chi connectivity index (χ1n) is 10.1. The molecule has 5 rings (SSSR count). The molecule has 29 heavy (non-hydrogen) atoms. The van der Waals surface area contributed by atoms with E-state index in [9.17, 15) is 4.39 Å². The van der Waals surface area contributed by atoms with Crippen LogP contribution in [0.3, 0.4) is 0 Å². The number of rotatable bonds is 4. The maximum atomic E-state index is 14.6. The van der Waals surface area contributed by atoms with Crippen molar-refractivity contribution < 1.29 is 4.39 Å². The molecule has 2 unspecified atom stereocenters. The molecule has 7 heteroatoms. The predicted octanol–water partition coefficient (Wildman–Crippen LogP) is 3.21. The van der Waals surface area contributed by atoms with Crippen molar-refractivity contribution in [2.24, 2.45) is 11.8 Å². The van der Waals surface area contributed by atoms with E-state index in [1.54, 1.807) is 0 Å². The lowest BCUT2D eigenvalue weighted by Gasteiger charge is -2.23. The number of hydrogen-bond acceptors (Lipinski definition) is 6. The predicted molar refractivity (Wildman–Crippen MR) is 110 cm³/mol. The van der Waals surface area contributed by atoms with E-state index in [2.05, 4.69) is 29.7 Å². The van der Waals surface area contributed by atoms with Gasteiger partial charge in [-0.25, -0.2) is 19.3 Å². The summed E-state index contributed by atoms with van der Waals surface area (Å²) in [5.41, 5.74) is 2.44. The Bertz CT molecular complexity index is 980. The van der Waals surface area contributed by atoms with E-state index in [1.165, 1.54) is 6.33 Å². The van der Waals surface area contributed by atoms with E-state index in [1.807, 2.05) is 49.6 Å². The minimum Gasteiger partial charge on any atom is -0.355 e. The average Bonchev–Trinajstić information content (AvgIpc) is 3.34. The fourth-order valence-electron chi connectivity index (χ4n) is 4.46. The van der Waals surface area contributed by atoms with E-state index >= 15 is 0 Å². The Kier molecular flexibility index (Phi) is 4.58. The van der Waals surface area contributed by atoms with Crippen LogP contribution < -0.4 is 9.80 Å². The molecule has 0 N–H and O–H groups in total. The highest BCUT2D eigenvalue weighted by Crippen LogP contribution is 2.36. The largest absolute Gasteiger partial charge is 0.355 e. The molecule has 0 aliphatic carbocycles. The van der Waals surface area contributed by atoms with E-state index in [-0.39, 0.29) is 5.82 Å². The molecule has 2 atom stereocenters. The first kappa shape index (κ1) is 18.0. The van der Waals surface area contributed by atoms with Gasteiger partial charge in [0.25, 0.3) is 0 Å². The van der Waals surface area contributed by atoms with Gasteiger partial charge in [-0.1, -0.05) is 37.3 Å². The average molecular weight is 390 g/mol. The zero-order valence-corrected chi connectivity index (χ0v) is 16.4. The van der Waals surface area contributed by atoms with Crippen LogP contribution in [0.2, 0.25) is 0 Å². The van der Waals surface area contributed by atoms with Gasteiger partial charge in [0.15, 0.2) is 11.6 Å². The Balaban J connectivity index is 1.27. The van der Waals surface area contributed by atoms with Crippen LogP contribution in [-0.2, 0) is 6.42 Å². The lowest BCUT2D eigenvalue weighted by Crippen LogP contribution is -2.30. The highest BCUT2D eigenvalue weighted by molar-refractivity contribution is 5.58. The first-order valence-corrected chi connectivity index (χ1v) is 10.1. The minimum absolute atomic E-state index is 0.269. The maximum absolute atomic E-state index is 14.6. The van der Waals surface area contributed by atoms with Crippen LogP contribution in [0, 0.1) is 17.7 Å². The van der Waals surface area contributed by atoms with Crippen molar-refractivity contribution in [3.63, 3.8) is 0 Å². The van der Waals surface area contributed by atoms with Crippen molar-refractivity contribution in [1.29, 1.82) is 0 Å². The van der Waals surface area contributed by atoms with Gasteiger partial charge in [-0.2, -0.15) is 0 Å². The van der Waals surface area contributed by atoms with Crippen molar-refractivity contribution in [2.75, 3.05) is 36.0 Å². The fourth-order valence-corrected chi connectivity index (χ4v) is 4.46. The van der Waals surface area contributed by atoms with Crippen molar-refractivity contribution >= 4 is 11.6 Å². The summed E-state index contributed by atoms with van der Waals surface area (Å²) < 4.78 is 14.6. The zero-order chi connectivity index (χ0) is 19.8. The van der Waals surface area contributed by atoms with Crippen molar-refractivity contribution in [2.45, 2.75) is 13.3 Å². The van der Waals surface area contributed by atoms with E-state index < -0.39 is 0 Å². The molecule has 2 aliphatic heterocycles. The summed E-state index contributed by atoms with van der Waals surface area (Å²) >= 11 is 0. The van der Waals surface area contributed by atoms with Gasteiger partial charge in [-0.3, -0.25) is 4.98 Å². The molecule has 2 saturated heterocycles. The molecule has 2 fully saturated rings. The molecule has 148 valence electrons. The number of aryl methyl sites for hydroxylation is 1. The maximum Gasteiger partial charge on any atom is 0.187 e. The normalized spacial score (nSPS) is 20.9. The Labute approximate surface area is 169 Å². The third-order valence-electron chi connectivity index (χ3n) is 6.00. The van der Waals surface area contributed by atoms with Crippen LogP contribution in [0.5, 0.6) is 0 Å². The van der Waals surface area contributed by atoms with E-state index in [4.69, 9.17) is 0 Å². The summed E-state index contributed by atoms with van der Waals surface area (Å²) in [5.74, 6) is 2.04. The van der Waals surface area contributed by atoms with Gasteiger partial charge in [-0.15, -0.1) is 0 Å². The number of benzene rings is 1. The highest BCUT2D eigenvalue weighted by atomic mass is 19.1. The molecule has 4 heterocycles. The van der Waals surface area contributed by atoms with Gasteiger partial charge in [-0.05, 0) is 6.42 Å². The lowest BCUT2D eigenvalue weighted by atomic mass is 10.0. The van der Waals surface area contributed by atoms with E-state index in [0.29, 0.717) is 29.8 Å². The summed E-state index contributed by atoms with van der Waals surface area (Å²) in [7, 11) is 0. The number of nitrogens with zero attached hydrogens (tertiary/aromatic N) is 6. The number of anilines is 2. The molecule has 3 aromatic rings. The SMILES string of the molecule is CCc1ncnc(N2CC3CN(c4cnc(-c5ccccc5)cn4)CC3C2)c1F. The molecular weight excluding hydrogens is 367 g/mol. The Morgan fingerprint density at radius 1 is 0.897 bits per heavy atom. The van der Waals surface area contributed by atoms with Gasteiger partial charge in [0, 0.05) is 43.6 Å². The molecule has 0 amide bonds. The van der Waals surface area contributed by atoms with Gasteiger partial charge >= 0.3 is 0 Å². The molecule has 6 nitrogen and oxygen atoms in total. The van der Waals surface area contributed by atoms with Crippen LogP contribution in [0.25, 0.3) is 11.3 Å². The molecular formula is C22H23FN6. The van der Waals surface area contributed by atoms with Crippen LogP contribution >= 0.6 is 0 Å². The number of halogens is 1. The Morgan fingerprint density at radius 2 is 1.62 bits per heavy atom. The monoisotopic (exact) mass is 390 g/mol. The second kappa shape index (κ2) is 7.39. The molecule has 0 spiro atoms. The third kappa shape index (κ3) is 3.30. The van der Waals surface area contributed by atoms with Crippen molar-refractivity contribution in [1.82, 2.24) is 19.9 Å². The van der Waals surface area contributed by atoms with Crippen LogP contribution in [0.15, 0.2) is 49.1 Å². The molecule has 1 aromatic carbocycles. The third-order valence-corrected chi connectivity index (χ3v) is 6.00. The fraction of sp³-hybridized carbons (Fsp3) is 0.364. The molecule has 2 aromatic heterocycles. The summed E-state index contributed by atoms with van der Waals surface area (Å²) in [6.07, 6.45) is 5.75. The second-order valence-electron chi connectivity index (χ2n) is 7.77.